The van der Waals surface area contributed by atoms with Crippen LogP contribution in [0.4, 0.5) is 4.39 Å². The monoisotopic (exact) mass is 702 g/mol. The molecule has 43 heavy (non-hydrogen) atoms. The number of carbonyl (C=O) groups is 3. The van der Waals surface area contributed by atoms with Crippen LogP contribution in [0.15, 0.2) is 70.6 Å². The van der Waals surface area contributed by atoms with Gasteiger partial charge in [0.1, 0.15) is 0 Å². The minimum atomic E-state index is -3.55. The molecule has 0 aliphatic heterocycles. The van der Waals surface area contributed by atoms with E-state index in [-0.39, 0.29) is 16.2 Å². The number of halogens is 1. The summed E-state index contributed by atoms with van der Waals surface area (Å²) in [6.45, 7) is 6.78. The zero-order valence-electron chi connectivity index (χ0n) is 26.6. The van der Waals surface area contributed by atoms with E-state index in [0.717, 1.165) is 51.8 Å². The van der Waals surface area contributed by atoms with E-state index in [1.165, 1.54) is 13.2 Å². The zero-order chi connectivity index (χ0) is 31.6. The summed E-state index contributed by atoms with van der Waals surface area (Å²) in [5.41, 5.74) is -0.693. The number of amides is 2. The maximum absolute atomic E-state index is 16.9. The first kappa shape index (κ1) is 36.5. The van der Waals surface area contributed by atoms with Crippen molar-refractivity contribution >= 4 is 36.2 Å². The molecule has 2 N–H and O–H groups in total. The van der Waals surface area contributed by atoms with E-state index >= 15 is 4.39 Å². The van der Waals surface area contributed by atoms with Crippen LogP contribution in [0.1, 0.15) is 99.3 Å². The predicted molar refractivity (Wildman–Crippen MR) is 175 cm³/mol. The number of benzene rings is 2. The molecule has 2 aromatic rings. The fourth-order valence-electron chi connectivity index (χ4n) is 5.50. The molecule has 2 amide bonds. The fourth-order valence-corrected chi connectivity index (χ4v) is 20.1. The van der Waals surface area contributed by atoms with Crippen molar-refractivity contribution in [1.82, 2.24) is 10.6 Å². The third kappa shape index (κ3) is 11.4. The molecule has 0 saturated heterocycles. The molecule has 6 nitrogen and oxygen atoms in total. The normalized spacial score (nSPS) is 13.2. The van der Waals surface area contributed by atoms with E-state index in [9.17, 15) is 14.4 Å². The third-order valence-corrected chi connectivity index (χ3v) is 22.7. The van der Waals surface area contributed by atoms with Gasteiger partial charge in [-0.3, -0.25) is 0 Å². The summed E-state index contributed by atoms with van der Waals surface area (Å²) >= 11 is -3.55. The zero-order valence-corrected chi connectivity index (χ0v) is 29.4. The quantitative estimate of drug-likeness (QED) is 0.0829. The number of ether oxygens (including phenoxy) is 1. The standard InChI is InChI=1S/C23H24FN2O4.3C4H9.Sn/c1-30-22(29)23(15-16-24,26-21(28)19-12-6-3-7-13-19)14-8-9-17-25-20(27)18-10-4-2-5-11-18;3*1-3-4-2;/h2-7,10-13,15H,8-9,14,17H2,1H3,(H,25,27)(H,26,28);3*1,3-4H2,2H3;/t23-;;;;/m0..../s1. The minimum absolute atomic E-state index is 0.138. The van der Waals surface area contributed by atoms with Gasteiger partial charge >= 0.3 is 257 Å². The number of methoxy groups -OCH3 is 1. The summed E-state index contributed by atoms with van der Waals surface area (Å²) in [6, 6.07) is 17.6. The summed E-state index contributed by atoms with van der Waals surface area (Å²) in [7, 11) is 1.28. The van der Waals surface area contributed by atoms with Crippen molar-refractivity contribution in [3.05, 3.63) is 81.7 Å². The first-order valence-electron chi connectivity index (χ1n) is 16.0. The molecule has 0 saturated carbocycles. The van der Waals surface area contributed by atoms with E-state index in [2.05, 4.69) is 31.4 Å². The number of rotatable bonds is 20. The number of hydrogen-bond donors (Lipinski definition) is 2. The molecular formula is C35H51FN2O4Sn. The number of hydrogen-bond acceptors (Lipinski definition) is 4. The Morgan fingerprint density at radius 3 is 1.72 bits per heavy atom. The van der Waals surface area contributed by atoms with Gasteiger partial charge in [0.2, 0.25) is 0 Å². The van der Waals surface area contributed by atoms with Gasteiger partial charge in [-0.1, -0.05) is 6.07 Å². The van der Waals surface area contributed by atoms with Crippen molar-refractivity contribution < 1.29 is 23.5 Å². The van der Waals surface area contributed by atoms with Gasteiger partial charge in [-0.05, 0) is 0 Å². The summed E-state index contributed by atoms with van der Waals surface area (Å²) in [5.74, 6) is -1.31. The van der Waals surface area contributed by atoms with Gasteiger partial charge in [0.25, 0.3) is 0 Å². The second-order valence-corrected chi connectivity index (χ2v) is 24.4. The Bertz CT molecular complexity index is 1140. The first-order chi connectivity index (χ1) is 20.8. The van der Waals surface area contributed by atoms with Gasteiger partial charge in [-0.15, -0.1) is 0 Å². The van der Waals surface area contributed by atoms with Crippen LogP contribution >= 0.6 is 0 Å². The Labute approximate surface area is 262 Å². The van der Waals surface area contributed by atoms with Crippen LogP contribution < -0.4 is 10.6 Å². The van der Waals surface area contributed by atoms with Crippen LogP contribution in [0, 0.1) is 0 Å². The van der Waals surface area contributed by atoms with Gasteiger partial charge in [0, 0.05) is 0 Å². The summed E-state index contributed by atoms with van der Waals surface area (Å²) in [5, 5.41) is 5.82. The van der Waals surface area contributed by atoms with E-state index in [4.69, 9.17) is 4.74 Å². The molecule has 0 aliphatic rings. The number of unbranched alkanes of at least 4 members (excludes halogenated alkanes) is 4. The topological polar surface area (TPSA) is 84.5 Å². The number of esters is 1. The Morgan fingerprint density at radius 2 is 1.26 bits per heavy atom. The molecule has 0 aliphatic carbocycles. The van der Waals surface area contributed by atoms with Gasteiger partial charge < -0.3 is 0 Å². The Hall–Kier alpha value is -2.68. The molecule has 0 unspecified atom stereocenters. The molecule has 0 spiro atoms. The summed E-state index contributed by atoms with van der Waals surface area (Å²) < 4.78 is 24.7. The van der Waals surface area contributed by atoms with Gasteiger partial charge in [0.05, 0.1) is 0 Å². The average Bonchev–Trinajstić information content (AvgIpc) is 3.04. The van der Waals surface area contributed by atoms with Crippen LogP contribution in [-0.4, -0.2) is 55.4 Å². The Balaban J connectivity index is 2.43. The third-order valence-electron chi connectivity index (χ3n) is 8.15. The number of nitrogens with one attached hydrogen (secondary N) is 2. The predicted octanol–water partition coefficient (Wildman–Crippen LogP) is 8.17. The maximum atomic E-state index is 16.9. The van der Waals surface area contributed by atoms with E-state index in [1.54, 1.807) is 36.4 Å². The Kier molecular flexibility index (Phi) is 16.6. The van der Waals surface area contributed by atoms with Crippen molar-refractivity contribution in [3.63, 3.8) is 0 Å². The molecule has 8 heteroatoms. The molecule has 0 bridgehead atoms. The van der Waals surface area contributed by atoms with Crippen molar-refractivity contribution in [3.8, 4) is 0 Å². The molecule has 2 rings (SSSR count). The van der Waals surface area contributed by atoms with Crippen LogP contribution in [0.25, 0.3) is 0 Å². The second-order valence-electron chi connectivity index (χ2n) is 11.4. The SMILES string of the molecule is CCC[CH2][Sn]([CH2]CCC)([CH2]CCC)/[C](F)=C/[C@](CCCCNC(=O)c1ccccc1)(NC(=O)c1ccccc1)C(=O)OC. The molecule has 1 atom stereocenters. The van der Waals surface area contributed by atoms with Crippen molar-refractivity contribution in [2.24, 2.45) is 0 Å². The summed E-state index contributed by atoms with van der Waals surface area (Å²) in [4.78, 5) is 39.5. The molecule has 0 fully saturated rings. The first-order valence-corrected chi connectivity index (χ1v) is 23.4. The van der Waals surface area contributed by atoms with Crippen molar-refractivity contribution in [2.75, 3.05) is 13.7 Å². The van der Waals surface area contributed by atoms with Crippen molar-refractivity contribution in [1.29, 1.82) is 0 Å². The molecule has 0 aromatic heterocycles. The molecular weight excluding hydrogens is 650 g/mol. The fraction of sp³-hybridized carbons (Fsp3) is 0.514. The molecule has 0 heterocycles. The van der Waals surface area contributed by atoms with Gasteiger partial charge in [-0.2, -0.15) is 0 Å². The van der Waals surface area contributed by atoms with Crippen LogP contribution in [-0.2, 0) is 9.53 Å². The number of carbonyl (C=O) groups excluding carboxylic acids is 3. The van der Waals surface area contributed by atoms with Crippen LogP contribution in [0.3, 0.4) is 0 Å². The average molecular weight is 702 g/mol. The van der Waals surface area contributed by atoms with E-state index in [1.807, 2.05) is 24.3 Å². The molecule has 2 aromatic carbocycles. The summed E-state index contributed by atoms with van der Waals surface area (Å²) in [6.07, 6.45) is 8.48. The molecule has 236 valence electrons. The van der Waals surface area contributed by atoms with Crippen LogP contribution in [0.2, 0.25) is 13.3 Å². The van der Waals surface area contributed by atoms with Gasteiger partial charge in [0.15, 0.2) is 0 Å². The van der Waals surface area contributed by atoms with Gasteiger partial charge in [-0.25, -0.2) is 0 Å². The van der Waals surface area contributed by atoms with E-state index < -0.39 is 35.8 Å². The van der Waals surface area contributed by atoms with Crippen molar-refractivity contribution in [2.45, 2.75) is 97.4 Å². The van der Waals surface area contributed by atoms with E-state index in [0.29, 0.717) is 30.5 Å². The van der Waals surface area contributed by atoms with Crippen LogP contribution in [0.5, 0.6) is 0 Å². The molecule has 0 radical (unpaired) electrons. The Morgan fingerprint density at radius 1 is 0.767 bits per heavy atom. The second kappa shape index (κ2) is 19.6.